The number of imidazole rings is 1. The number of aromatic nitrogens is 4. The summed E-state index contributed by atoms with van der Waals surface area (Å²) in [6.07, 6.45) is 0. The molecule has 0 radical (unpaired) electrons. The van der Waals surface area contributed by atoms with Gasteiger partial charge in [-0.2, -0.15) is 5.10 Å². The molecule has 25 heavy (non-hydrogen) atoms. The summed E-state index contributed by atoms with van der Waals surface area (Å²) in [5, 5.41) is 5.94. The molecule has 0 saturated heterocycles. The lowest BCUT2D eigenvalue weighted by atomic mass is 10.2. The van der Waals surface area contributed by atoms with E-state index in [2.05, 4.69) is 33.0 Å². The standard InChI is InChI=1S/C20H13BrN4/c21-13-9-11-14(12-10-13)25-18-8-4-1-5-15(18)19(24-25)20-22-16-6-2-3-7-17(16)23-20/h1-12H,(H,22,23). The first-order chi connectivity index (χ1) is 12.3. The van der Waals surface area contributed by atoms with Crippen LogP contribution < -0.4 is 0 Å². The minimum absolute atomic E-state index is 0.785. The number of para-hydroxylation sites is 3. The van der Waals surface area contributed by atoms with Crippen molar-refractivity contribution in [1.29, 1.82) is 0 Å². The van der Waals surface area contributed by atoms with Gasteiger partial charge in [0.25, 0.3) is 0 Å². The van der Waals surface area contributed by atoms with Crippen LogP contribution in [-0.4, -0.2) is 19.7 Å². The minimum Gasteiger partial charge on any atom is -0.337 e. The molecule has 120 valence electrons. The molecule has 0 aliphatic rings. The number of hydrogen-bond acceptors (Lipinski definition) is 2. The second-order valence-electron chi connectivity index (χ2n) is 5.86. The van der Waals surface area contributed by atoms with E-state index in [4.69, 9.17) is 10.1 Å². The third kappa shape index (κ3) is 2.36. The zero-order valence-corrected chi connectivity index (χ0v) is 14.7. The van der Waals surface area contributed by atoms with Crippen molar-refractivity contribution in [3.05, 3.63) is 77.3 Å². The molecule has 0 aliphatic heterocycles. The molecule has 0 saturated carbocycles. The Kier molecular flexibility index (Phi) is 3.21. The minimum atomic E-state index is 0.785. The number of fused-ring (bicyclic) bond motifs is 2. The zero-order chi connectivity index (χ0) is 16.8. The maximum Gasteiger partial charge on any atom is 0.159 e. The van der Waals surface area contributed by atoms with Gasteiger partial charge in [0.15, 0.2) is 5.82 Å². The fourth-order valence-corrected chi connectivity index (χ4v) is 3.35. The second kappa shape index (κ2) is 5.57. The van der Waals surface area contributed by atoms with Crippen molar-refractivity contribution < 1.29 is 0 Å². The summed E-state index contributed by atoms with van der Waals surface area (Å²) in [7, 11) is 0. The van der Waals surface area contributed by atoms with Crippen LogP contribution in [-0.2, 0) is 0 Å². The van der Waals surface area contributed by atoms with Gasteiger partial charge in [0, 0.05) is 9.86 Å². The molecule has 0 aliphatic carbocycles. The highest BCUT2D eigenvalue weighted by atomic mass is 79.9. The van der Waals surface area contributed by atoms with Crippen LogP contribution in [0.1, 0.15) is 0 Å². The van der Waals surface area contributed by atoms with Crippen molar-refractivity contribution >= 4 is 37.9 Å². The van der Waals surface area contributed by atoms with Crippen LogP contribution in [0.4, 0.5) is 0 Å². The van der Waals surface area contributed by atoms with E-state index in [0.29, 0.717) is 0 Å². The Morgan fingerprint density at radius 3 is 2.44 bits per heavy atom. The van der Waals surface area contributed by atoms with Crippen molar-refractivity contribution in [3.63, 3.8) is 0 Å². The third-order valence-electron chi connectivity index (χ3n) is 4.27. The summed E-state index contributed by atoms with van der Waals surface area (Å²) < 4.78 is 3.01. The predicted octanol–water partition coefficient (Wildman–Crippen LogP) is 5.33. The molecule has 5 heteroatoms. The number of nitrogens with one attached hydrogen (secondary N) is 1. The highest BCUT2D eigenvalue weighted by molar-refractivity contribution is 9.10. The topological polar surface area (TPSA) is 46.5 Å². The Labute approximate surface area is 152 Å². The SMILES string of the molecule is Brc1ccc(-n2nc(-c3nc4ccccc4[nH]3)c3ccccc32)cc1. The van der Waals surface area contributed by atoms with Gasteiger partial charge in [-0.15, -0.1) is 0 Å². The van der Waals surface area contributed by atoms with Gasteiger partial charge in [-0.25, -0.2) is 9.67 Å². The number of halogens is 1. The van der Waals surface area contributed by atoms with Crippen LogP contribution in [0.2, 0.25) is 0 Å². The van der Waals surface area contributed by atoms with Gasteiger partial charge in [-0.1, -0.05) is 46.3 Å². The van der Waals surface area contributed by atoms with Gasteiger partial charge >= 0.3 is 0 Å². The first kappa shape index (κ1) is 14.4. The summed E-state index contributed by atoms with van der Waals surface area (Å²) in [4.78, 5) is 8.10. The Bertz CT molecular complexity index is 1170. The summed E-state index contributed by atoms with van der Waals surface area (Å²) in [5.74, 6) is 0.785. The van der Waals surface area contributed by atoms with Gasteiger partial charge in [0.2, 0.25) is 0 Å². The molecule has 0 fully saturated rings. The van der Waals surface area contributed by atoms with E-state index in [1.54, 1.807) is 0 Å². The van der Waals surface area contributed by atoms with E-state index in [9.17, 15) is 0 Å². The summed E-state index contributed by atoms with van der Waals surface area (Å²) in [5.41, 5.74) is 4.89. The molecule has 0 spiro atoms. The summed E-state index contributed by atoms with van der Waals surface area (Å²) in [6.45, 7) is 0. The van der Waals surface area contributed by atoms with Crippen molar-refractivity contribution in [1.82, 2.24) is 19.7 Å². The molecule has 0 atom stereocenters. The van der Waals surface area contributed by atoms with Crippen molar-refractivity contribution in [3.8, 4) is 17.2 Å². The molecule has 2 heterocycles. The second-order valence-corrected chi connectivity index (χ2v) is 6.77. The average Bonchev–Trinajstić information content (AvgIpc) is 3.24. The van der Waals surface area contributed by atoms with Gasteiger partial charge in [-0.3, -0.25) is 0 Å². The largest absolute Gasteiger partial charge is 0.337 e. The summed E-state index contributed by atoms with van der Waals surface area (Å²) >= 11 is 3.48. The van der Waals surface area contributed by atoms with Crippen molar-refractivity contribution in [2.75, 3.05) is 0 Å². The Morgan fingerprint density at radius 1 is 0.840 bits per heavy atom. The lowest BCUT2D eigenvalue weighted by Crippen LogP contribution is -1.96. The van der Waals surface area contributed by atoms with Gasteiger partial charge in [-0.05, 0) is 42.5 Å². The van der Waals surface area contributed by atoms with Crippen molar-refractivity contribution in [2.45, 2.75) is 0 Å². The number of hydrogen-bond donors (Lipinski definition) is 1. The van der Waals surface area contributed by atoms with Gasteiger partial charge < -0.3 is 4.98 Å². The highest BCUT2D eigenvalue weighted by Gasteiger charge is 2.16. The average molecular weight is 389 g/mol. The van der Waals surface area contributed by atoms with E-state index in [1.807, 2.05) is 65.3 Å². The van der Waals surface area contributed by atoms with E-state index >= 15 is 0 Å². The number of aromatic amines is 1. The van der Waals surface area contributed by atoms with Crippen molar-refractivity contribution in [2.24, 2.45) is 0 Å². The molecule has 5 aromatic rings. The molecular formula is C20H13BrN4. The van der Waals surface area contributed by atoms with Crippen LogP contribution in [0.15, 0.2) is 77.3 Å². The van der Waals surface area contributed by atoms with Crippen LogP contribution >= 0.6 is 15.9 Å². The Morgan fingerprint density at radius 2 is 1.60 bits per heavy atom. The maximum atomic E-state index is 4.86. The Balaban J connectivity index is 1.77. The fourth-order valence-electron chi connectivity index (χ4n) is 3.09. The van der Waals surface area contributed by atoms with E-state index in [-0.39, 0.29) is 0 Å². The fraction of sp³-hybridized carbons (Fsp3) is 0. The first-order valence-electron chi connectivity index (χ1n) is 7.98. The van der Waals surface area contributed by atoms with Gasteiger partial charge in [0.05, 0.1) is 22.2 Å². The maximum absolute atomic E-state index is 4.86. The molecule has 5 rings (SSSR count). The molecule has 0 bridgehead atoms. The number of H-pyrrole nitrogens is 1. The number of benzene rings is 3. The zero-order valence-electron chi connectivity index (χ0n) is 13.1. The molecule has 1 N–H and O–H groups in total. The quantitative estimate of drug-likeness (QED) is 0.444. The molecule has 2 aromatic heterocycles. The normalized spacial score (nSPS) is 11.4. The molecule has 3 aromatic carbocycles. The number of nitrogens with zero attached hydrogens (tertiary/aromatic N) is 3. The summed E-state index contributed by atoms with van der Waals surface area (Å²) in [6, 6.07) is 24.4. The number of rotatable bonds is 2. The van der Waals surface area contributed by atoms with Crippen LogP contribution in [0, 0.1) is 0 Å². The van der Waals surface area contributed by atoms with E-state index < -0.39 is 0 Å². The molecule has 0 unspecified atom stereocenters. The van der Waals surface area contributed by atoms with Crippen LogP contribution in [0.3, 0.4) is 0 Å². The highest BCUT2D eigenvalue weighted by Crippen LogP contribution is 2.29. The smallest absolute Gasteiger partial charge is 0.159 e. The van der Waals surface area contributed by atoms with Crippen LogP contribution in [0.25, 0.3) is 39.1 Å². The molecular weight excluding hydrogens is 376 g/mol. The first-order valence-corrected chi connectivity index (χ1v) is 8.78. The van der Waals surface area contributed by atoms with E-state index in [0.717, 1.165) is 43.6 Å². The van der Waals surface area contributed by atoms with E-state index in [1.165, 1.54) is 0 Å². The predicted molar refractivity (Wildman–Crippen MR) is 104 cm³/mol. The molecule has 0 amide bonds. The van der Waals surface area contributed by atoms with Crippen LogP contribution in [0.5, 0.6) is 0 Å². The lowest BCUT2D eigenvalue weighted by Gasteiger charge is -2.03. The lowest BCUT2D eigenvalue weighted by molar-refractivity contribution is 0.910. The molecule has 4 nitrogen and oxygen atoms in total. The third-order valence-corrected chi connectivity index (χ3v) is 4.80. The monoisotopic (exact) mass is 388 g/mol. The van der Waals surface area contributed by atoms with Gasteiger partial charge in [0.1, 0.15) is 5.69 Å². The Hall–Kier alpha value is -2.92.